The number of aldehydes is 2. The predicted octanol–water partition coefficient (Wildman–Crippen LogP) is 4.89. The molecule has 0 radical (unpaired) electrons. The molecule has 22 heavy (non-hydrogen) atoms. The van der Waals surface area contributed by atoms with Crippen LogP contribution in [-0.2, 0) is 9.59 Å². The van der Waals surface area contributed by atoms with Gasteiger partial charge in [0.1, 0.15) is 12.6 Å². The van der Waals surface area contributed by atoms with Crippen LogP contribution < -0.4 is 0 Å². The summed E-state index contributed by atoms with van der Waals surface area (Å²) in [6.07, 6.45) is 10.9. The molecule has 2 fully saturated rings. The first kappa shape index (κ1) is 17.2. The largest absolute Gasteiger partial charge is 0.303 e. The fourth-order valence-electron chi connectivity index (χ4n) is 5.25. The van der Waals surface area contributed by atoms with Gasteiger partial charge < -0.3 is 4.79 Å². The molecule has 0 N–H and O–H groups in total. The summed E-state index contributed by atoms with van der Waals surface area (Å²) < 4.78 is 0. The topological polar surface area (TPSA) is 34.1 Å². The zero-order valence-corrected chi connectivity index (χ0v) is 14.4. The van der Waals surface area contributed by atoms with Crippen molar-refractivity contribution in [1.29, 1.82) is 0 Å². The molecular formula is C20H30O2. The Labute approximate surface area is 135 Å². The Balaban J connectivity index is 2.26. The minimum absolute atomic E-state index is 0.230. The summed E-state index contributed by atoms with van der Waals surface area (Å²) >= 11 is 0. The van der Waals surface area contributed by atoms with Gasteiger partial charge in [-0.15, -0.1) is 0 Å². The van der Waals surface area contributed by atoms with Crippen molar-refractivity contribution in [2.24, 2.45) is 22.7 Å². The minimum Gasteiger partial charge on any atom is -0.303 e. The van der Waals surface area contributed by atoms with E-state index in [1.165, 1.54) is 31.3 Å². The summed E-state index contributed by atoms with van der Waals surface area (Å²) in [5.74, 6) is 1.16. The molecule has 0 aromatic carbocycles. The van der Waals surface area contributed by atoms with E-state index in [0.29, 0.717) is 16.9 Å². The van der Waals surface area contributed by atoms with Gasteiger partial charge in [-0.25, -0.2) is 0 Å². The fourth-order valence-corrected chi connectivity index (χ4v) is 5.25. The first-order chi connectivity index (χ1) is 10.3. The lowest BCUT2D eigenvalue weighted by atomic mass is 9.47. The molecule has 0 bridgehead atoms. The fraction of sp³-hybridized carbons (Fsp3) is 0.700. The molecule has 3 atom stereocenters. The maximum Gasteiger partial charge on any atom is 0.146 e. The van der Waals surface area contributed by atoms with Gasteiger partial charge in [0.15, 0.2) is 0 Å². The first-order valence-electron chi connectivity index (χ1n) is 8.60. The van der Waals surface area contributed by atoms with Crippen LogP contribution in [0.3, 0.4) is 0 Å². The van der Waals surface area contributed by atoms with E-state index < -0.39 is 0 Å². The highest BCUT2D eigenvalue weighted by Gasteiger charge is 2.52. The van der Waals surface area contributed by atoms with Crippen molar-refractivity contribution < 1.29 is 9.59 Å². The van der Waals surface area contributed by atoms with Crippen molar-refractivity contribution in [3.8, 4) is 0 Å². The van der Waals surface area contributed by atoms with E-state index in [-0.39, 0.29) is 11.8 Å². The van der Waals surface area contributed by atoms with Crippen LogP contribution in [0.15, 0.2) is 23.8 Å². The predicted molar refractivity (Wildman–Crippen MR) is 90.5 cm³/mol. The summed E-state index contributed by atoms with van der Waals surface area (Å²) in [5.41, 5.74) is 2.63. The molecule has 0 amide bonds. The van der Waals surface area contributed by atoms with E-state index in [9.17, 15) is 9.59 Å². The third kappa shape index (κ3) is 3.11. The van der Waals surface area contributed by atoms with Gasteiger partial charge in [-0.3, -0.25) is 4.79 Å². The molecular weight excluding hydrogens is 272 g/mol. The summed E-state index contributed by atoms with van der Waals surface area (Å²) in [7, 11) is 0. The van der Waals surface area contributed by atoms with Gasteiger partial charge in [-0.1, -0.05) is 45.4 Å². The number of rotatable bonds is 5. The van der Waals surface area contributed by atoms with Crippen LogP contribution in [0.25, 0.3) is 0 Å². The molecule has 2 nitrogen and oxygen atoms in total. The van der Waals surface area contributed by atoms with E-state index in [0.717, 1.165) is 31.3 Å². The molecule has 2 heteroatoms. The number of hydrogen-bond donors (Lipinski definition) is 0. The van der Waals surface area contributed by atoms with Crippen molar-refractivity contribution >= 4 is 12.6 Å². The van der Waals surface area contributed by atoms with Crippen LogP contribution in [-0.4, -0.2) is 12.6 Å². The minimum atomic E-state index is 0.230. The molecule has 2 aliphatic carbocycles. The molecule has 0 aromatic heterocycles. The lowest BCUT2D eigenvalue weighted by Crippen LogP contribution is -2.49. The Hall–Kier alpha value is -1.18. The zero-order valence-electron chi connectivity index (χ0n) is 14.4. The van der Waals surface area contributed by atoms with Crippen LogP contribution in [0.1, 0.15) is 65.7 Å². The average molecular weight is 302 g/mol. The molecule has 0 saturated heterocycles. The van der Waals surface area contributed by atoms with Crippen LogP contribution in [0.4, 0.5) is 0 Å². The van der Waals surface area contributed by atoms with Gasteiger partial charge in [0.25, 0.3) is 0 Å². The van der Waals surface area contributed by atoms with Gasteiger partial charge in [0, 0.05) is 6.42 Å². The second-order valence-electron chi connectivity index (χ2n) is 8.15. The van der Waals surface area contributed by atoms with Crippen LogP contribution in [0.2, 0.25) is 0 Å². The van der Waals surface area contributed by atoms with Crippen molar-refractivity contribution in [1.82, 2.24) is 0 Å². The molecule has 122 valence electrons. The first-order valence-corrected chi connectivity index (χ1v) is 8.60. The van der Waals surface area contributed by atoms with Crippen molar-refractivity contribution in [3.05, 3.63) is 23.8 Å². The summed E-state index contributed by atoms with van der Waals surface area (Å²) in [5, 5.41) is 0. The second kappa shape index (κ2) is 6.52. The van der Waals surface area contributed by atoms with Gasteiger partial charge >= 0.3 is 0 Å². The monoisotopic (exact) mass is 302 g/mol. The van der Waals surface area contributed by atoms with E-state index in [2.05, 4.69) is 27.4 Å². The SMILES string of the molecule is C=C1CC[C@H]2C(C)(C)CCC[C@]2(C)[C@H]1CC=C(C=O)CC=O. The van der Waals surface area contributed by atoms with E-state index >= 15 is 0 Å². The van der Waals surface area contributed by atoms with Crippen molar-refractivity contribution in [2.75, 3.05) is 0 Å². The molecule has 0 aliphatic heterocycles. The molecule has 0 heterocycles. The van der Waals surface area contributed by atoms with Crippen LogP contribution in [0, 0.1) is 22.7 Å². The standard InChI is InChI=1S/C20H30O2/c1-15-6-9-18-19(2,3)11-5-12-20(18,4)17(15)8-7-16(14-22)10-13-21/h7,13-14,17-18H,1,5-6,8-12H2,2-4H3/t17-,18-,20+/m0/s1. The normalized spacial score (nSPS) is 34.9. The Kier molecular flexibility index (Phi) is 5.09. The summed E-state index contributed by atoms with van der Waals surface area (Å²) in [6, 6.07) is 0. The summed E-state index contributed by atoms with van der Waals surface area (Å²) in [6.45, 7) is 11.6. The molecule has 2 saturated carbocycles. The van der Waals surface area contributed by atoms with Crippen molar-refractivity contribution in [3.63, 3.8) is 0 Å². The second-order valence-corrected chi connectivity index (χ2v) is 8.15. The Morgan fingerprint density at radius 3 is 2.64 bits per heavy atom. The van der Waals surface area contributed by atoms with Crippen molar-refractivity contribution in [2.45, 2.75) is 65.7 Å². The lowest BCUT2D eigenvalue weighted by Gasteiger charge is -2.58. The van der Waals surface area contributed by atoms with Gasteiger partial charge in [0.05, 0.1) is 0 Å². The summed E-state index contributed by atoms with van der Waals surface area (Å²) in [4.78, 5) is 21.7. The smallest absolute Gasteiger partial charge is 0.146 e. The maximum absolute atomic E-state index is 11.1. The number of allylic oxidation sites excluding steroid dienone is 3. The molecule has 2 aliphatic rings. The highest BCUT2D eigenvalue weighted by molar-refractivity contribution is 5.78. The molecule has 0 unspecified atom stereocenters. The molecule has 0 spiro atoms. The highest BCUT2D eigenvalue weighted by atomic mass is 16.1. The van der Waals surface area contributed by atoms with Crippen LogP contribution >= 0.6 is 0 Å². The average Bonchev–Trinajstić information content (AvgIpc) is 2.44. The van der Waals surface area contributed by atoms with Gasteiger partial charge in [-0.2, -0.15) is 0 Å². The number of fused-ring (bicyclic) bond motifs is 1. The highest BCUT2D eigenvalue weighted by Crippen LogP contribution is 2.61. The zero-order chi connectivity index (χ0) is 16.4. The number of carbonyl (C=O) groups is 2. The maximum atomic E-state index is 11.1. The molecule has 2 rings (SSSR count). The van der Waals surface area contributed by atoms with Gasteiger partial charge in [0.2, 0.25) is 0 Å². The van der Waals surface area contributed by atoms with E-state index in [1.807, 2.05) is 6.08 Å². The Bertz CT molecular complexity index is 486. The molecule has 0 aromatic rings. The lowest BCUT2D eigenvalue weighted by molar-refractivity contribution is -0.109. The van der Waals surface area contributed by atoms with E-state index in [4.69, 9.17) is 0 Å². The van der Waals surface area contributed by atoms with Crippen LogP contribution in [0.5, 0.6) is 0 Å². The third-order valence-electron chi connectivity index (χ3n) is 6.41. The number of hydrogen-bond acceptors (Lipinski definition) is 2. The Morgan fingerprint density at radius 2 is 2.00 bits per heavy atom. The van der Waals surface area contributed by atoms with Gasteiger partial charge in [-0.05, 0) is 60.3 Å². The Morgan fingerprint density at radius 1 is 1.27 bits per heavy atom. The number of carbonyl (C=O) groups excluding carboxylic acids is 2. The van der Waals surface area contributed by atoms with E-state index in [1.54, 1.807) is 0 Å². The third-order valence-corrected chi connectivity index (χ3v) is 6.41. The quantitative estimate of drug-likeness (QED) is 0.411.